The fourth-order valence-corrected chi connectivity index (χ4v) is 2.34. The molecule has 0 saturated heterocycles. The SMILES string of the molecule is CN(CCNC(=O)c1cccc(-c2cnc(N)nc2)c1)S(C)(=O)=O. The Labute approximate surface area is 140 Å². The van der Waals surface area contributed by atoms with Crippen molar-refractivity contribution in [3.05, 3.63) is 42.2 Å². The molecule has 1 aromatic heterocycles. The molecule has 1 heterocycles. The molecule has 0 bridgehead atoms. The molecule has 24 heavy (non-hydrogen) atoms. The number of aromatic nitrogens is 2. The van der Waals surface area contributed by atoms with E-state index in [0.717, 1.165) is 17.4 Å². The van der Waals surface area contributed by atoms with Gasteiger partial charge in [-0.3, -0.25) is 4.79 Å². The lowest BCUT2D eigenvalue weighted by molar-refractivity contribution is 0.0952. The molecular weight excluding hydrogens is 330 g/mol. The third kappa shape index (κ3) is 4.74. The Balaban J connectivity index is 2.03. The molecule has 1 amide bonds. The van der Waals surface area contributed by atoms with Gasteiger partial charge in [-0.2, -0.15) is 0 Å². The summed E-state index contributed by atoms with van der Waals surface area (Å²) >= 11 is 0. The number of rotatable bonds is 6. The van der Waals surface area contributed by atoms with Gasteiger partial charge in [0.2, 0.25) is 16.0 Å². The average molecular weight is 349 g/mol. The van der Waals surface area contributed by atoms with Crippen molar-refractivity contribution in [1.82, 2.24) is 19.6 Å². The lowest BCUT2D eigenvalue weighted by atomic mass is 10.1. The second kappa shape index (κ2) is 7.37. The van der Waals surface area contributed by atoms with E-state index in [4.69, 9.17) is 5.73 Å². The van der Waals surface area contributed by atoms with Crippen molar-refractivity contribution in [2.24, 2.45) is 0 Å². The predicted octanol–water partition coefficient (Wildman–Crippen LogP) is 0.347. The van der Waals surface area contributed by atoms with Crippen LogP contribution in [-0.2, 0) is 10.0 Å². The van der Waals surface area contributed by atoms with Gasteiger partial charge in [-0.1, -0.05) is 12.1 Å². The molecule has 0 aliphatic carbocycles. The number of likely N-dealkylation sites (N-methyl/N-ethyl adjacent to an activating group) is 1. The number of nitrogens with zero attached hydrogens (tertiary/aromatic N) is 3. The average Bonchev–Trinajstić information content (AvgIpc) is 2.54. The first-order chi connectivity index (χ1) is 11.3. The first-order valence-electron chi connectivity index (χ1n) is 7.15. The zero-order valence-electron chi connectivity index (χ0n) is 13.4. The van der Waals surface area contributed by atoms with Crippen LogP contribution >= 0.6 is 0 Å². The molecule has 0 aliphatic rings. The van der Waals surface area contributed by atoms with Gasteiger partial charge in [-0.05, 0) is 17.7 Å². The molecule has 0 fully saturated rings. The van der Waals surface area contributed by atoms with Gasteiger partial charge in [0, 0.05) is 43.7 Å². The number of hydrogen-bond donors (Lipinski definition) is 2. The Hall–Kier alpha value is -2.52. The van der Waals surface area contributed by atoms with Crippen molar-refractivity contribution in [2.75, 3.05) is 32.1 Å². The van der Waals surface area contributed by atoms with Crippen molar-refractivity contribution in [3.8, 4) is 11.1 Å². The van der Waals surface area contributed by atoms with Gasteiger partial charge in [-0.15, -0.1) is 0 Å². The van der Waals surface area contributed by atoms with Crippen molar-refractivity contribution < 1.29 is 13.2 Å². The molecule has 0 aliphatic heterocycles. The zero-order chi connectivity index (χ0) is 17.7. The van der Waals surface area contributed by atoms with Crippen molar-refractivity contribution in [2.45, 2.75) is 0 Å². The van der Waals surface area contributed by atoms with Crippen LogP contribution in [0.15, 0.2) is 36.7 Å². The number of hydrogen-bond acceptors (Lipinski definition) is 6. The maximum Gasteiger partial charge on any atom is 0.251 e. The summed E-state index contributed by atoms with van der Waals surface area (Å²) in [5.74, 6) is -0.0993. The van der Waals surface area contributed by atoms with Crippen LogP contribution < -0.4 is 11.1 Å². The Morgan fingerprint density at radius 2 is 1.92 bits per heavy atom. The van der Waals surface area contributed by atoms with Gasteiger partial charge in [0.05, 0.1) is 6.26 Å². The normalized spacial score (nSPS) is 11.5. The zero-order valence-corrected chi connectivity index (χ0v) is 14.2. The van der Waals surface area contributed by atoms with E-state index >= 15 is 0 Å². The van der Waals surface area contributed by atoms with E-state index in [-0.39, 0.29) is 24.9 Å². The molecule has 2 aromatic rings. The van der Waals surface area contributed by atoms with E-state index < -0.39 is 10.0 Å². The molecule has 9 heteroatoms. The number of anilines is 1. The van der Waals surface area contributed by atoms with E-state index in [1.807, 2.05) is 6.07 Å². The summed E-state index contributed by atoms with van der Waals surface area (Å²) in [7, 11) is -1.79. The molecular formula is C15H19N5O3S. The van der Waals surface area contributed by atoms with Gasteiger partial charge in [-0.25, -0.2) is 22.7 Å². The Morgan fingerprint density at radius 3 is 2.54 bits per heavy atom. The van der Waals surface area contributed by atoms with E-state index in [1.165, 1.54) is 11.4 Å². The topological polar surface area (TPSA) is 118 Å². The second-order valence-electron chi connectivity index (χ2n) is 5.25. The molecule has 128 valence electrons. The number of nitrogen functional groups attached to an aromatic ring is 1. The van der Waals surface area contributed by atoms with Crippen LogP contribution in [0.2, 0.25) is 0 Å². The van der Waals surface area contributed by atoms with Crippen LogP contribution in [0, 0.1) is 0 Å². The molecule has 0 unspecified atom stereocenters. The first-order valence-corrected chi connectivity index (χ1v) is 8.99. The molecule has 0 atom stereocenters. The van der Waals surface area contributed by atoms with Gasteiger partial charge in [0.1, 0.15) is 0 Å². The Bertz CT molecular complexity index is 821. The molecule has 0 saturated carbocycles. The first kappa shape index (κ1) is 17.8. The van der Waals surface area contributed by atoms with Crippen LogP contribution in [0.25, 0.3) is 11.1 Å². The summed E-state index contributed by atoms with van der Waals surface area (Å²) in [4.78, 5) is 20.0. The molecule has 2 rings (SSSR count). The number of nitrogens with two attached hydrogens (primary N) is 1. The largest absolute Gasteiger partial charge is 0.368 e. The minimum atomic E-state index is -3.25. The molecule has 3 N–H and O–H groups in total. The van der Waals surface area contributed by atoms with Crippen molar-refractivity contribution >= 4 is 21.9 Å². The smallest absolute Gasteiger partial charge is 0.251 e. The third-order valence-corrected chi connectivity index (χ3v) is 4.72. The number of carbonyl (C=O) groups excluding carboxylic acids is 1. The summed E-state index contributed by atoms with van der Waals surface area (Å²) < 4.78 is 23.8. The quantitative estimate of drug-likeness (QED) is 0.777. The number of carbonyl (C=O) groups is 1. The standard InChI is InChI=1S/C15H19N5O3S/c1-20(24(2,22)23)7-6-17-14(21)12-5-3-4-11(8-12)13-9-18-15(16)19-10-13/h3-5,8-10H,6-7H2,1-2H3,(H,17,21)(H2,16,18,19). The molecule has 8 nitrogen and oxygen atoms in total. The van der Waals surface area contributed by atoms with Crippen LogP contribution in [0.1, 0.15) is 10.4 Å². The highest BCUT2D eigenvalue weighted by atomic mass is 32.2. The van der Waals surface area contributed by atoms with Crippen molar-refractivity contribution in [1.29, 1.82) is 0 Å². The highest BCUT2D eigenvalue weighted by molar-refractivity contribution is 7.88. The minimum Gasteiger partial charge on any atom is -0.368 e. The number of benzene rings is 1. The van der Waals surface area contributed by atoms with E-state index in [1.54, 1.807) is 30.6 Å². The van der Waals surface area contributed by atoms with Gasteiger partial charge >= 0.3 is 0 Å². The highest BCUT2D eigenvalue weighted by Crippen LogP contribution is 2.19. The summed E-state index contributed by atoms with van der Waals surface area (Å²) in [6.07, 6.45) is 4.29. The maximum absolute atomic E-state index is 12.2. The van der Waals surface area contributed by atoms with Crippen LogP contribution in [0.4, 0.5) is 5.95 Å². The second-order valence-corrected chi connectivity index (χ2v) is 7.34. The summed E-state index contributed by atoms with van der Waals surface area (Å²) in [5.41, 5.74) is 7.46. The van der Waals surface area contributed by atoms with E-state index in [9.17, 15) is 13.2 Å². The monoisotopic (exact) mass is 349 g/mol. The highest BCUT2D eigenvalue weighted by Gasteiger charge is 2.12. The lowest BCUT2D eigenvalue weighted by Gasteiger charge is -2.14. The maximum atomic E-state index is 12.2. The molecule has 1 aromatic carbocycles. The lowest BCUT2D eigenvalue weighted by Crippen LogP contribution is -2.35. The van der Waals surface area contributed by atoms with Gasteiger partial charge < -0.3 is 11.1 Å². The fourth-order valence-electron chi connectivity index (χ4n) is 1.92. The summed E-state index contributed by atoms with van der Waals surface area (Å²) in [6.45, 7) is 0.424. The van der Waals surface area contributed by atoms with Gasteiger partial charge in [0.25, 0.3) is 5.91 Å². The Kier molecular flexibility index (Phi) is 5.47. The van der Waals surface area contributed by atoms with Crippen LogP contribution in [0.3, 0.4) is 0 Å². The predicted molar refractivity (Wildman–Crippen MR) is 91.7 cm³/mol. The summed E-state index contributed by atoms with van der Waals surface area (Å²) in [6, 6.07) is 6.98. The Morgan fingerprint density at radius 1 is 1.25 bits per heavy atom. The fraction of sp³-hybridized carbons (Fsp3) is 0.267. The number of amides is 1. The third-order valence-electron chi connectivity index (χ3n) is 3.41. The molecule has 0 spiro atoms. The summed E-state index contributed by atoms with van der Waals surface area (Å²) in [5, 5.41) is 2.69. The number of sulfonamides is 1. The van der Waals surface area contributed by atoms with Gasteiger partial charge in [0.15, 0.2) is 0 Å². The molecule has 0 radical (unpaired) electrons. The van der Waals surface area contributed by atoms with Crippen molar-refractivity contribution in [3.63, 3.8) is 0 Å². The number of nitrogens with one attached hydrogen (secondary N) is 1. The van der Waals surface area contributed by atoms with Crippen LogP contribution in [-0.4, -0.2) is 55.0 Å². The minimum absolute atomic E-state index is 0.183. The van der Waals surface area contributed by atoms with E-state index in [2.05, 4.69) is 15.3 Å². The van der Waals surface area contributed by atoms with E-state index in [0.29, 0.717) is 5.56 Å². The van der Waals surface area contributed by atoms with Crippen LogP contribution in [0.5, 0.6) is 0 Å².